The van der Waals surface area contributed by atoms with E-state index in [1.165, 1.54) is 46.3 Å². The van der Waals surface area contributed by atoms with Crippen molar-refractivity contribution in [2.45, 2.75) is 18.4 Å². The van der Waals surface area contributed by atoms with Gasteiger partial charge in [-0.05, 0) is 43.3 Å². The van der Waals surface area contributed by atoms with E-state index >= 15 is 0 Å². The van der Waals surface area contributed by atoms with E-state index in [9.17, 15) is 18.0 Å². The van der Waals surface area contributed by atoms with Crippen molar-refractivity contribution in [1.29, 1.82) is 0 Å². The minimum Gasteiger partial charge on any atom is -0.496 e. The molecule has 2 aromatic rings. The van der Waals surface area contributed by atoms with Crippen LogP contribution in [0, 0.1) is 0 Å². The Morgan fingerprint density at radius 2 is 1.79 bits per heavy atom. The number of nitrogens with zero attached hydrogens (tertiary/aromatic N) is 1. The molecule has 0 spiro atoms. The summed E-state index contributed by atoms with van der Waals surface area (Å²) in [5, 5.41) is 0.0622. The summed E-state index contributed by atoms with van der Waals surface area (Å²) in [7, 11) is 0.496. The molecule has 0 saturated heterocycles. The van der Waals surface area contributed by atoms with E-state index in [-0.39, 0.29) is 27.9 Å². The molecule has 0 fully saturated rings. The molecule has 0 aliphatic carbocycles. The third-order valence-corrected chi connectivity index (χ3v) is 6.12. The van der Waals surface area contributed by atoms with Crippen molar-refractivity contribution in [2.75, 3.05) is 21.2 Å². The predicted octanol–water partition coefficient (Wildman–Crippen LogP) is 3.16. The lowest BCUT2D eigenvalue weighted by atomic mass is 10.1. The van der Waals surface area contributed by atoms with Gasteiger partial charge in [-0.25, -0.2) is 17.5 Å². The van der Waals surface area contributed by atoms with Gasteiger partial charge in [0.25, 0.3) is 0 Å². The highest BCUT2D eigenvalue weighted by atomic mass is 35.5. The number of sulfonamides is 1. The molecule has 0 radical (unpaired) electrons. The molecule has 2 aromatic carbocycles. The number of ketones is 1. The summed E-state index contributed by atoms with van der Waals surface area (Å²) in [5.74, 6) is -0.483. The van der Waals surface area contributed by atoms with Gasteiger partial charge in [0.15, 0.2) is 5.78 Å². The Morgan fingerprint density at radius 1 is 1.11 bits per heavy atom. The molecule has 0 aliphatic heterocycles. The molecule has 150 valence electrons. The van der Waals surface area contributed by atoms with E-state index in [2.05, 4.69) is 0 Å². The van der Waals surface area contributed by atoms with E-state index in [1.54, 1.807) is 18.2 Å². The molecule has 0 saturated carbocycles. The Bertz CT molecular complexity index is 1020. The first kappa shape index (κ1) is 21.9. The van der Waals surface area contributed by atoms with Gasteiger partial charge in [0.2, 0.25) is 10.0 Å². The second-order valence-electron chi connectivity index (χ2n) is 6.09. The summed E-state index contributed by atoms with van der Waals surface area (Å²) < 4.78 is 36.1. The lowest BCUT2D eigenvalue weighted by Crippen LogP contribution is -2.22. The molecule has 9 heteroatoms. The molecule has 0 aliphatic rings. The fourth-order valence-electron chi connectivity index (χ4n) is 2.36. The minimum absolute atomic E-state index is 0.0622. The second-order valence-corrected chi connectivity index (χ2v) is 8.65. The van der Waals surface area contributed by atoms with Crippen LogP contribution in [0.2, 0.25) is 5.02 Å². The van der Waals surface area contributed by atoms with Crippen molar-refractivity contribution in [3.63, 3.8) is 0 Å². The maximum atomic E-state index is 12.5. The van der Waals surface area contributed by atoms with Crippen molar-refractivity contribution in [3.05, 3.63) is 58.1 Å². The topological polar surface area (TPSA) is 90.0 Å². The zero-order valence-electron chi connectivity index (χ0n) is 15.9. The molecule has 28 heavy (non-hydrogen) atoms. The first-order chi connectivity index (χ1) is 13.1. The molecule has 0 amide bonds. The van der Waals surface area contributed by atoms with E-state index in [0.717, 1.165) is 4.31 Å². The van der Waals surface area contributed by atoms with Crippen LogP contribution in [0.3, 0.4) is 0 Å². The molecule has 2 rings (SSSR count). The summed E-state index contributed by atoms with van der Waals surface area (Å²) in [6.45, 7) is 1.25. The number of hydrogen-bond donors (Lipinski definition) is 0. The lowest BCUT2D eigenvalue weighted by Gasteiger charge is -2.14. The van der Waals surface area contributed by atoms with Crippen LogP contribution in [-0.4, -0.2) is 45.7 Å². The number of rotatable bonds is 7. The number of Topliss-reactive ketones (excluding diaryl/α,β-unsaturated/α-hetero) is 1. The molecule has 7 nitrogen and oxygen atoms in total. The second kappa shape index (κ2) is 8.72. The van der Waals surface area contributed by atoms with Crippen molar-refractivity contribution in [3.8, 4) is 5.75 Å². The summed E-state index contributed by atoms with van der Waals surface area (Å²) in [6, 6.07) is 8.60. The van der Waals surface area contributed by atoms with Crippen LogP contribution in [-0.2, 0) is 21.4 Å². The van der Waals surface area contributed by atoms with E-state index in [1.807, 2.05) is 0 Å². The Hall–Kier alpha value is -2.42. The van der Waals surface area contributed by atoms with Gasteiger partial charge in [-0.3, -0.25) is 4.79 Å². The van der Waals surface area contributed by atoms with E-state index < -0.39 is 16.0 Å². The van der Waals surface area contributed by atoms with Gasteiger partial charge in [0, 0.05) is 25.2 Å². The summed E-state index contributed by atoms with van der Waals surface area (Å²) >= 11 is 6.05. The Balaban J connectivity index is 2.29. The van der Waals surface area contributed by atoms with Crippen molar-refractivity contribution >= 4 is 33.4 Å². The molecular weight excluding hydrogens is 406 g/mol. The smallest absolute Gasteiger partial charge is 0.340 e. The van der Waals surface area contributed by atoms with Gasteiger partial charge in [0.1, 0.15) is 12.4 Å². The standard InChI is InChI=1S/C19H20ClNO6S/c1-12(22)13-5-8-18(26-4)14(9-13)11-27-19(23)16-10-15(6-7-17(16)20)28(24,25)21(2)3/h5-10H,11H2,1-4H3. The SMILES string of the molecule is COc1ccc(C(C)=O)cc1COC(=O)c1cc(S(=O)(=O)N(C)C)ccc1Cl. The third kappa shape index (κ3) is 4.70. The molecule has 0 atom stereocenters. The Morgan fingerprint density at radius 3 is 2.36 bits per heavy atom. The number of carbonyl (C=O) groups is 2. The van der Waals surface area contributed by atoms with Crippen molar-refractivity contribution in [2.24, 2.45) is 0 Å². The average Bonchev–Trinajstić information content (AvgIpc) is 2.65. The first-order valence-corrected chi connectivity index (χ1v) is 9.96. The normalized spacial score (nSPS) is 11.4. The Kier molecular flexibility index (Phi) is 6.82. The van der Waals surface area contributed by atoms with Crippen LogP contribution in [0.25, 0.3) is 0 Å². The van der Waals surface area contributed by atoms with Crippen LogP contribution in [0.1, 0.15) is 33.2 Å². The third-order valence-electron chi connectivity index (χ3n) is 3.98. The highest BCUT2D eigenvalue weighted by molar-refractivity contribution is 7.89. The molecule has 0 bridgehead atoms. The number of ether oxygens (including phenoxy) is 2. The monoisotopic (exact) mass is 425 g/mol. The largest absolute Gasteiger partial charge is 0.496 e. The number of halogens is 1. The highest BCUT2D eigenvalue weighted by Gasteiger charge is 2.22. The minimum atomic E-state index is -3.73. The maximum Gasteiger partial charge on any atom is 0.340 e. The maximum absolute atomic E-state index is 12.5. The van der Waals surface area contributed by atoms with Crippen LogP contribution < -0.4 is 4.74 Å². The first-order valence-electron chi connectivity index (χ1n) is 8.15. The number of esters is 1. The lowest BCUT2D eigenvalue weighted by molar-refractivity contribution is 0.0470. The number of methoxy groups -OCH3 is 1. The van der Waals surface area contributed by atoms with Gasteiger partial charge >= 0.3 is 5.97 Å². The summed E-state index contributed by atoms with van der Waals surface area (Å²) in [6.07, 6.45) is 0. The number of carbonyl (C=O) groups excluding carboxylic acids is 2. The van der Waals surface area contributed by atoms with Crippen LogP contribution in [0.5, 0.6) is 5.75 Å². The van der Waals surface area contributed by atoms with Gasteiger partial charge in [-0.15, -0.1) is 0 Å². The van der Waals surface area contributed by atoms with Crippen LogP contribution in [0.4, 0.5) is 0 Å². The van der Waals surface area contributed by atoms with Crippen molar-refractivity contribution in [1.82, 2.24) is 4.31 Å². The average molecular weight is 426 g/mol. The zero-order chi connectivity index (χ0) is 21.1. The summed E-state index contributed by atoms with van der Waals surface area (Å²) in [4.78, 5) is 24.0. The van der Waals surface area contributed by atoms with E-state index in [4.69, 9.17) is 21.1 Å². The fraction of sp³-hybridized carbons (Fsp3) is 0.263. The quantitative estimate of drug-likeness (QED) is 0.500. The summed E-state index contributed by atoms with van der Waals surface area (Å²) in [5.41, 5.74) is 0.868. The molecule has 0 aromatic heterocycles. The Labute approximate surface area is 168 Å². The number of benzene rings is 2. The van der Waals surface area contributed by atoms with Gasteiger partial charge in [-0.2, -0.15) is 0 Å². The van der Waals surface area contributed by atoms with E-state index in [0.29, 0.717) is 16.9 Å². The predicted molar refractivity (Wildman–Crippen MR) is 104 cm³/mol. The fourth-order valence-corrected chi connectivity index (χ4v) is 3.49. The molecular formula is C19H20ClNO6S. The molecule has 0 unspecified atom stereocenters. The zero-order valence-corrected chi connectivity index (χ0v) is 17.4. The van der Waals surface area contributed by atoms with Crippen molar-refractivity contribution < 1.29 is 27.5 Å². The van der Waals surface area contributed by atoms with Crippen LogP contribution in [0.15, 0.2) is 41.3 Å². The molecule has 0 heterocycles. The number of hydrogen-bond acceptors (Lipinski definition) is 6. The molecule has 0 N–H and O–H groups in total. The van der Waals surface area contributed by atoms with Gasteiger partial charge < -0.3 is 9.47 Å². The van der Waals surface area contributed by atoms with Crippen LogP contribution >= 0.6 is 11.6 Å². The van der Waals surface area contributed by atoms with Gasteiger partial charge in [0.05, 0.1) is 22.6 Å². The highest BCUT2D eigenvalue weighted by Crippen LogP contribution is 2.25. The van der Waals surface area contributed by atoms with Gasteiger partial charge in [-0.1, -0.05) is 11.6 Å².